The summed E-state index contributed by atoms with van der Waals surface area (Å²) in [6.45, 7) is 0. The van der Waals surface area contributed by atoms with Crippen molar-refractivity contribution in [1.29, 1.82) is 0 Å². The molecule has 0 atom stereocenters. The minimum atomic E-state index is -0.280. The summed E-state index contributed by atoms with van der Waals surface area (Å²) in [5.41, 5.74) is 3.22. The molecule has 0 saturated carbocycles. The molecule has 180 valence electrons. The lowest BCUT2D eigenvalue weighted by molar-refractivity contribution is 0.102. The number of aromatic nitrogens is 2. The Morgan fingerprint density at radius 1 is 0.771 bits per heavy atom. The van der Waals surface area contributed by atoms with Crippen molar-refractivity contribution < 1.29 is 23.7 Å². The number of methoxy groups -OCH3 is 4. The number of amides is 1. The van der Waals surface area contributed by atoms with Crippen LogP contribution in [0, 0.1) is 0 Å². The summed E-state index contributed by atoms with van der Waals surface area (Å²) >= 11 is 0. The number of hydrogen-bond acceptors (Lipinski definition) is 8. The van der Waals surface area contributed by atoms with E-state index in [4.69, 9.17) is 18.9 Å². The van der Waals surface area contributed by atoms with E-state index < -0.39 is 0 Å². The minimum absolute atomic E-state index is 0.280. The maximum Gasteiger partial charge on any atom is 0.255 e. The second kappa shape index (κ2) is 10.2. The van der Waals surface area contributed by atoms with E-state index in [1.807, 2.05) is 36.4 Å². The zero-order chi connectivity index (χ0) is 24.9. The largest absolute Gasteiger partial charge is 0.493 e. The van der Waals surface area contributed by atoms with Crippen molar-refractivity contribution in [3.8, 4) is 34.3 Å². The second-order valence-corrected chi connectivity index (χ2v) is 7.47. The number of carbonyl (C=O) groups excluding carboxylic acids is 1. The highest BCUT2D eigenvalue weighted by Crippen LogP contribution is 2.36. The summed E-state index contributed by atoms with van der Waals surface area (Å²) < 4.78 is 21.5. The Bertz CT molecular complexity index is 1390. The average molecular weight is 475 g/mol. The van der Waals surface area contributed by atoms with Gasteiger partial charge < -0.3 is 29.6 Å². The highest BCUT2D eigenvalue weighted by Gasteiger charge is 2.16. The predicted molar refractivity (Wildman–Crippen MR) is 135 cm³/mol. The third-order valence-electron chi connectivity index (χ3n) is 5.46. The first kappa shape index (κ1) is 23.6. The van der Waals surface area contributed by atoms with Gasteiger partial charge in [-0.1, -0.05) is 12.1 Å². The molecule has 0 radical (unpaired) electrons. The second-order valence-electron chi connectivity index (χ2n) is 7.47. The van der Waals surface area contributed by atoms with Crippen LogP contribution in [0.2, 0.25) is 0 Å². The van der Waals surface area contributed by atoms with Crippen LogP contribution in [0.4, 0.5) is 11.6 Å². The molecule has 2 N–H and O–H groups in total. The summed E-state index contributed by atoms with van der Waals surface area (Å²) in [5.74, 6) is 2.35. The van der Waals surface area contributed by atoms with Gasteiger partial charge in [0.1, 0.15) is 0 Å². The van der Waals surface area contributed by atoms with Crippen LogP contribution in [-0.2, 0) is 0 Å². The Morgan fingerprint density at radius 3 is 2.14 bits per heavy atom. The van der Waals surface area contributed by atoms with Gasteiger partial charge in [-0.3, -0.25) is 4.79 Å². The molecule has 0 aliphatic heterocycles. The van der Waals surface area contributed by atoms with E-state index >= 15 is 0 Å². The molecule has 9 heteroatoms. The lowest BCUT2D eigenvalue weighted by atomic mass is 10.0. The Kier molecular flexibility index (Phi) is 6.86. The molecule has 0 bridgehead atoms. The molecular formula is C26H26N4O5. The van der Waals surface area contributed by atoms with E-state index in [-0.39, 0.29) is 5.91 Å². The number of benzene rings is 3. The number of fused-ring (bicyclic) bond motifs is 1. The first-order valence-electron chi connectivity index (χ1n) is 10.8. The fraction of sp³-hybridized carbons (Fsp3) is 0.192. The Balaban J connectivity index is 1.73. The van der Waals surface area contributed by atoms with Gasteiger partial charge in [-0.2, -0.15) is 0 Å². The van der Waals surface area contributed by atoms with Crippen LogP contribution >= 0.6 is 0 Å². The van der Waals surface area contributed by atoms with Gasteiger partial charge in [0, 0.05) is 35.3 Å². The van der Waals surface area contributed by atoms with Crippen LogP contribution in [0.25, 0.3) is 22.2 Å². The standard InChI is InChI=1S/C26H26N4O5/c1-27-26-29-19-14-23(35-5)22(34-4)13-18(19)24(30-26)15-7-6-8-17(11-15)28-25(31)16-9-10-20(32-2)21(12-16)33-3/h6-14H,1-5H3,(H,28,31)(H,27,29,30). The fourth-order valence-electron chi connectivity index (χ4n) is 3.71. The van der Waals surface area contributed by atoms with Gasteiger partial charge in [0.05, 0.1) is 39.6 Å². The van der Waals surface area contributed by atoms with Gasteiger partial charge >= 0.3 is 0 Å². The topological polar surface area (TPSA) is 104 Å². The summed E-state index contributed by atoms with van der Waals surface area (Å²) in [6.07, 6.45) is 0. The third-order valence-corrected chi connectivity index (χ3v) is 5.46. The van der Waals surface area contributed by atoms with Crippen LogP contribution < -0.4 is 29.6 Å². The highest BCUT2D eigenvalue weighted by atomic mass is 16.5. The van der Waals surface area contributed by atoms with Crippen molar-refractivity contribution in [1.82, 2.24) is 9.97 Å². The number of rotatable bonds is 8. The van der Waals surface area contributed by atoms with E-state index in [2.05, 4.69) is 20.6 Å². The van der Waals surface area contributed by atoms with Crippen LogP contribution in [0.1, 0.15) is 10.4 Å². The number of ether oxygens (including phenoxy) is 4. The molecule has 1 amide bonds. The molecule has 0 saturated heterocycles. The normalized spacial score (nSPS) is 10.5. The number of nitrogens with one attached hydrogen (secondary N) is 2. The van der Waals surface area contributed by atoms with Gasteiger partial charge in [0.15, 0.2) is 23.0 Å². The number of nitrogens with zero attached hydrogens (tertiary/aromatic N) is 2. The van der Waals surface area contributed by atoms with Crippen LogP contribution in [0.3, 0.4) is 0 Å². The molecule has 4 rings (SSSR count). The molecule has 0 fully saturated rings. The zero-order valence-corrected chi connectivity index (χ0v) is 20.1. The molecule has 35 heavy (non-hydrogen) atoms. The van der Waals surface area contributed by atoms with Gasteiger partial charge in [-0.15, -0.1) is 0 Å². The first-order chi connectivity index (χ1) is 17.0. The molecular weight excluding hydrogens is 448 g/mol. The SMILES string of the molecule is CNc1nc(-c2cccc(NC(=O)c3ccc(OC)c(OC)c3)c2)c2cc(OC)c(OC)cc2n1. The van der Waals surface area contributed by atoms with Gasteiger partial charge in [0.25, 0.3) is 5.91 Å². The average Bonchev–Trinajstić information content (AvgIpc) is 2.91. The summed E-state index contributed by atoms with van der Waals surface area (Å²) in [4.78, 5) is 22.2. The van der Waals surface area contributed by atoms with Gasteiger partial charge in [-0.25, -0.2) is 9.97 Å². The molecule has 4 aromatic rings. The molecule has 1 heterocycles. The van der Waals surface area contributed by atoms with Crippen LogP contribution in [-0.4, -0.2) is 51.4 Å². The molecule has 0 aliphatic rings. The van der Waals surface area contributed by atoms with Gasteiger partial charge in [0.2, 0.25) is 5.95 Å². The number of carbonyl (C=O) groups is 1. The van der Waals surface area contributed by atoms with E-state index in [0.717, 1.165) is 10.9 Å². The molecule has 0 unspecified atom stereocenters. The predicted octanol–water partition coefficient (Wildman–Crippen LogP) is 4.63. The van der Waals surface area contributed by atoms with Gasteiger partial charge in [-0.05, 0) is 36.4 Å². The molecule has 1 aromatic heterocycles. The van der Waals surface area contributed by atoms with Crippen molar-refractivity contribution in [2.75, 3.05) is 46.1 Å². The molecule has 0 aliphatic carbocycles. The van der Waals surface area contributed by atoms with Crippen LogP contribution in [0.15, 0.2) is 54.6 Å². The summed E-state index contributed by atoms with van der Waals surface area (Å²) in [6, 6.07) is 16.1. The highest BCUT2D eigenvalue weighted by molar-refractivity contribution is 6.05. The van der Waals surface area contributed by atoms with Crippen molar-refractivity contribution in [3.63, 3.8) is 0 Å². The lowest BCUT2D eigenvalue weighted by Gasteiger charge is -2.14. The Morgan fingerprint density at radius 2 is 1.46 bits per heavy atom. The maximum atomic E-state index is 12.9. The zero-order valence-electron chi connectivity index (χ0n) is 20.1. The lowest BCUT2D eigenvalue weighted by Crippen LogP contribution is -2.12. The molecule has 0 spiro atoms. The van der Waals surface area contributed by atoms with E-state index in [0.29, 0.717) is 51.4 Å². The van der Waals surface area contributed by atoms with Crippen molar-refractivity contribution >= 4 is 28.4 Å². The fourth-order valence-corrected chi connectivity index (χ4v) is 3.71. The smallest absolute Gasteiger partial charge is 0.255 e. The molecule has 3 aromatic carbocycles. The maximum absolute atomic E-state index is 12.9. The first-order valence-corrected chi connectivity index (χ1v) is 10.8. The van der Waals surface area contributed by atoms with Crippen molar-refractivity contribution in [2.45, 2.75) is 0 Å². The minimum Gasteiger partial charge on any atom is -0.493 e. The molecule has 9 nitrogen and oxygen atoms in total. The Hall–Kier alpha value is -4.53. The van der Waals surface area contributed by atoms with E-state index in [9.17, 15) is 4.79 Å². The number of anilines is 2. The van der Waals surface area contributed by atoms with Crippen molar-refractivity contribution in [3.05, 3.63) is 60.2 Å². The van der Waals surface area contributed by atoms with E-state index in [1.54, 1.807) is 46.6 Å². The monoisotopic (exact) mass is 474 g/mol. The van der Waals surface area contributed by atoms with E-state index in [1.165, 1.54) is 7.11 Å². The van der Waals surface area contributed by atoms with Crippen molar-refractivity contribution in [2.24, 2.45) is 0 Å². The third kappa shape index (κ3) is 4.74. The summed E-state index contributed by atoms with van der Waals surface area (Å²) in [7, 11) is 7.99. The number of hydrogen-bond donors (Lipinski definition) is 2. The summed E-state index contributed by atoms with van der Waals surface area (Å²) in [5, 5.41) is 6.72. The quantitative estimate of drug-likeness (QED) is 0.381. The Labute approximate surface area is 203 Å². The van der Waals surface area contributed by atoms with Crippen LogP contribution in [0.5, 0.6) is 23.0 Å².